The van der Waals surface area contributed by atoms with E-state index in [1.807, 2.05) is 31.3 Å². The Hall–Kier alpha value is -1.39. The number of para-hydroxylation sites is 1. The zero-order valence-electron chi connectivity index (χ0n) is 12.2. The van der Waals surface area contributed by atoms with Crippen molar-refractivity contribution in [1.82, 2.24) is 5.32 Å². The molecule has 1 aromatic rings. The first-order valence-electron chi connectivity index (χ1n) is 7.43. The van der Waals surface area contributed by atoms with Gasteiger partial charge in [-0.05, 0) is 44.4 Å². The molecule has 1 fully saturated rings. The van der Waals surface area contributed by atoms with Crippen LogP contribution < -0.4 is 10.6 Å². The van der Waals surface area contributed by atoms with E-state index in [9.17, 15) is 4.79 Å². The summed E-state index contributed by atoms with van der Waals surface area (Å²) in [7, 11) is 1.90. The molecule has 1 aliphatic heterocycles. The molecule has 0 aliphatic carbocycles. The van der Waals surface area contributed by atoms with Gasteiger partial charge in [-0.1, -0.05) is 18.2 Å². The second-order valence-electron chi connectivity index (χ2n) is 5.26. The van der Waals surface area contributed by atoms with E-state index in [1.165, 1.54) is 6.42 Å². The lowest BCUT2D eigenvalue weighted by atomic mass is 10.0. The standard InChI is InChI=1S/C16H24N2O2/c1-17-12-13-6-2-3-8-15(13)18-16(19)10-9-14-7-4-5-11-20-14/h2-3,6,8,14,17H,4-5,7,9-12H2,1H3,(H,18,19). The Balaban J connectivity index is 1.81. The van der Waals surface area contributed by atoms with Crippen molar-refractivity contribution in [2.24, 2.45) is 0 Å². The topological polar surface area (TPSA) is 50.4 Å². The van der Waals surface area contributed by atoms with Gasteiger partial charge in [0.1, 0.15) is 0 Å². The maximum Gasteiger partial charge on any atom is 0.224 e. The Bertz CT molecular complexity index is 428. The van der Waals surface area contributed by atoms with Crippen LogP contribution in [0.1, 0.15) is 37.7 Å². The molecule has 1 aliphatic rings. The summed E-state index contributed by atoms with van der Waals surface area (Å²) in [5.41, 5.74) is 2.01. The second-order valence-corrected chi connectivity index (χ2v) is 5.26. The molecule has 2 N–H and O–H groups in total. The summed E-state index contributed by atoms with van der Waals surface area (Å²) in [6.07, 6.45) is 5.07. The summed E-state index contributed by atoms with van der Waals surface area (Å²) in [4.78, 5) is 12.0. The molecule has 1 unspecified atom stereocenters. The molecule has 0 aromatic heterocycles. The van der Waals surface area contributed by atoms with E-state index in [-0.39, 0.29) is 12.0 Å². The van der Waals surface area contributed by atoms with Crippen molar-refractivity contribution in [2.45, 2.75) is 44.8 Å². The molecular weight excluding hydrogens is 252 g/mol. The van der Waals surface area contributed by atoms with Gasteiger partial charge < -0.3 is 15.4 Å². The smallest absolute Gasteiger partial charge is 0.224 e. The van der Waals surface area contributed by atoms with Gasteiger partial charge in [0, 0.05) is 25.3 Å². The number of hydrogen-bond donors (Lipinski definition) is 2. The van der Waals surface area contributed by atoms with Gasteiger partial charge in [-0.15, -0.1) is 0 Å². The van der Waals surface area contributed by atoms with Gasteiger partial charge in [-0.3, -0.25) is 4.79 Å². The first-order valence-corrected chi connectivity index (χ1v) is 7.43. The summed E-state index contributed by atoms with van der Waals surface area (Å²) in [5, 5.41) is 6.11. The molecule has 2 rings (SSSR count). The summed E-state index contributed by atoms with van der Waals surface area (Å²) < 4.78 is 5.65. The van der Waals surface area contributed by atoms with E-state index in [2.05, 4.69) is 10.6 Å². The van der Waals surface area contributed by atoms with Crippen LogP contribution in [0.4, 0.5) is 5.69 Å². The van der Waals surface area contributed by atoms with Crippen molar-refractivity contribution < 1.29 is 9.53 Å². The minimum absolute atomic E-state index is 0.0720. The molecule has 1 aromatic carbocycles. The van der Waals surface area contributed by atoms with Crippen LogP contribution in [-0.2, 0) is 16.1 Å². The van der Waals surface area contributed by atoms with Crippen LogP contribution in [0, 0.1) is 0 Å². The molecule has 1 heterocycles. The predicted octanol–water partition coefficient (Wildman–Crippen LogP) is 2.69. The summed E-state index contributed by atoms with van der Waals surface area (Å²) in [6.45, 7) is 1.60. The molecule has 0 saturated carbocycles. The van der Waals surface area contributed by atoms with Gasteiger partial charge in [0.2, 0.25) is 5.91 Å². The molecular formula is C16H24N2O2. The summed E-state index contributed by atoms with van der Waals surface area (Å²) >= 11 is 0. The number of hydrogen-bond acceptors (Lipinski definition) is 3. The average Bonchev–Trinajstić information content (AvgIpc) is 2.49. The highest BCUT2D eigenvalue weighted by Gasteiger charge is 2.15. The largest absolute Gasteiger partial charge is 0.378 e. The molecule has 4 heteroatoms. The quantitative estimate of drug-likeness (QED) is 0.840. The number of benzene rings is 1. The highest BCUT2D eigenvalue weighted by molar-refractivity contribution is 5.91. The molecule has 1 amide bonds. The zero-order chi connectivity index (χ0) is 14.2. The van der Waals surface area contributed by atoms with Gasteiger partial charge >= 0.3 is 0 Å². The molecule has 4 nitrogen and oxygen atoms in total. The minimum atomic E-state index is 0.0720. The van der Waals surface area contributed by atoms with Gasteiger partial charge in [0.15, 0.2) is 0 Å². The van der Waals surface area contributed by atoms with Crippen LogP contribution in [0.2, 0.25) is 0 Å². The number of ether oxygens (including phenoxy) is 1. The third kappa shape index (κ3) is 4.62. The Kier molecular flexibility index (Phi) is 6.02. The molecule has 0 spiro atoms. The molecule has 110 valence electrons. The van der Waals surface area contributed by atoms with Crippen LogP contribution in [0.15, 0.2) is 24.3 Å². The SMILES string of the molecule is CNCc1ccccc1NC(=O)CCC1CCCCO1. The van der Waals surface area contributed by atoms with Gasteiger partial charge in [0.05, 0.1) is 6.10 Å². The molecule has 1 atom stereocenters. The zero-order valence-corrected chi connectivity index (χ0v) is 12.2. The van der Waals surface area contributed by atoms with Crippen LogP contribution in [0.25, 0.3) is 0 Å². The monoisotopic (exact) mass is 276 g/mol. The lowest BCUT2D eigenvalue weighted by Gasteiger charge is -2.22. The van der Waals surface area contributed by atoms with Gasteiger partial charge in [-0.25, -0.2) is 0 Å². The third-order valence-corrected chi connectivity index (χ3v) is 3.63. The Morgan fingerprint density at radius 3 is 2.95 bits per heavy atom. The van der Waals surface area contributed by atoms with E-state index < -0.39 is 0 Å². The molecule has 20 heavy (non-hydrogen) atoms. The Morgan fingerprint density at radius 2 is 2.20 bits per heavy atom. The van der Waals surface area contributed by atoms with E-state index in [0.29, 0.717) is 6.42 Å². The van der Waals surface area contributed by atoms with Crippen molar-refractivity contribution in [3.63, 3.8) is 0 Å². The van der Waals surface area contributed by atoms with Crippen LogP contribution in [0.5, 0.6) is 0 Å². The van der Waals surface area contributed by atoms with Crippen LogP contribution in [-0.4, -0.2) is 25.7 Å². The normalized spacial score (nSPS) is 18.8. The second kappa shape index (κ2) is 8.02. The lowest BCUT2D eigenvalue weighted by Crippen LogP contribution is -2.22. The molecule has 1 saturated heterocycles. The number of carbonyl (C=O) groups is 1. The fraction of sp³-hybridized carbons (Fsp3) is 0.562. The predicted molar refractivity (Wildman–Crippen MR) is 80.7 cm³/mol. The average molecular weight is 276 g/mol. The fourth-order valence-electron chi connectivity index (χ4n) is 2.53. The van der Waals surface area contributed by atoms with E-state index in [4.69, 9.17) is 4.74 Å². The number of carbonyl (C=O) groups excluding carboxylic acids is 1. The number of anilines is 1. The fourth-order valence-corrected chi connectivity index (χ4v) is 2.53. The lowest BCUT2D eigenvalue weighted by molar-refractivity contribution is -0.117. The first-order chi connectivity index (χ1) is 9.79. The number of rotatable bonds is 6. The maximum atomic E-state index is 12.0. The highest BCUT2D eigenvalue weighted by Crippen LogP contribution is 2.18. The summed E-state index contributed by atoms with van der Waals surface area (Å²) in [5.74, 6) is 0.0720. The third-order valence-electron chi connectivity index (χ3n) is 3.63. The minimum Gasteiger partial charge on any atom is -0.378 e. The van der Waals surface area contributed by atoms with E-state index in [1.54, 1.807) is 0 Å². The van der Waals surface area contributed by atoms with Crippen molar-refractivity contribution in [2.75, 3.05) is 19.0 Å². The van der Waals surface area contributed by atoms with Crippen molar-refractivity contribution in [3.05, 3.63) is 29.8 Å². The van der Waals surface area contributed by atoms with Crippen LogP contribution in [0.3, 0.4) is 0 Å². The first kappa shape index (κ1) is 15.0. The van der Waals surface area contributed by atoms with E-state index >= 15 is 0 Å². The van der Waals surface area contributed by atoms with Crippen LogP contribution >= 0.6 is 0 Å². The Labute approximate surface area is 120 Å². The van der Waals surface area contributed by atoms with Gasteiger partial charge in [-0.2, -0.15) is 0 Å². The van der Waals surface area contributed by atoms with Crippen molar-refractivity contribution in [1.29, 1.82) is 0 Å². The highest BCUT2D eigenvalue weighted by atomic mass is 16.5. The Morgan fingerprint density at radius 1 is 1.35 bits per heavy atom. The number of amides is 1. The van der Waals surface area contributed by atoms with Gasteiger partial charge in [0.25, 0.3) is 0 Å². The maximum absolute atomic E-state index is 12.0. The summed E-state index contributed by atoms with van der Waals surface area (Å²) in [6, 6.07) is 7.90. The van der Waals surface area contributed by atoms with Crippen molar-refractivity contribution >= 4 is 11.6 Å². The molecule has 0 bridgehead atoms. The number of nitrogens with one attached hydrogen (secondary N) is 2. The van der Waals surface area contributed by atoms with E-state index in [0.717, 1.165) is 43.7 Å². The molecule has 0 radical (unpaired) electrons. The van der Waals surface area contributed by atoms with Crippen molar-refractivity contribution in [3.8, 4) is 0 Å².